The molecule has 0 spiro atoms. The summed E-state index contributed by atoms with van der Waals surface area (Å²) in [4.78, 5) is 15.8. The Kier molecular flexibility index (Phi) is 3.61. The summed E-state index contributed by atoms with van der Waals surface area (Å²) in [6.45, 7) is 1.81. The molecule has 0 saturated heterocycles. The molecule has 94 valence electrons. The molecule has 1 aromatic heterocycles. The second kappa shape index (κ2) is 5.18. The third-order valence-corrected chi connectivity index (χ3v) is 2.52. The molecule has 0 aliphatic heterocycles. The third kappa shape index (κ3) is 2.86. The summed E-state index contributed by atoms with van der Waals surface area (Å²) < 4.78 is 17.8. The van der Waals surface area contributed by atoms with Crippen molar-refractivity contribution in [2.45, 2.75) is 18.4 Å². The van der Waals surface area contributed by atoms with Crippen LogP contribution in [0.1, 0.15) is 22.1 Å². The molecule has 0 saturated carbocycles. The topological polar surface area (TPSA) is 68.0 Å². The fourth-order valence-electron chi connectivity index (χ4n) is 1.32. The number of carbonyl (C=O) groups is 1. The molecular formula is C11H10FN3O2S. The van der Waals surface area contributed by atoms with Gasteiger partial charge < -0.3 is 9.84 Å². The zero-order valence-electron chi connectivity index (χ0n) is 9.48. The van der Waals surface area contributed by atoms with Crippen LogP contribution in [0, 0.1) is 12.7 Å². The maximum Gasteiger partial charge on any atom is 0.251 e. The predicted octanol–water partition coefficient (Wildman–Crippen LogP) is 1.74. The number of carbonyl (C=O) groups excluding carboxylic acids is 1. The van der Waals surface area contributed by atoms with Gasteiger partial charge in [-0.05, 0) is 25.1 Å². The first-order valence-electron chi connectivity index (χ1n) is 5.12. The molecule has 0 atom stereocenters. The number of amides is 1. The van der Waals surface area contributed by atoms with Crippen molar-refractivity contribution in [3.8, 4) is 0 Å². The van der Waals surface area contributed by atoms with Crippen molar-refractivity contribution in [3.05, 3.63) is 41.3 Å². The summed E-state index contributed by atoms with van der Waals surface area (Å²) >= 11 is 3.91. The van der Waals surface area contributed by atoms with E-state index in [1.807, 2.05) is 0 Å². The van der Waals surface area contributed by atoms with Gasteiger partial charge in [0.1, 0.15) is 5.82 Å². The summed E-state index contributed by atoms with van der Waals surface area (Å²) in [6.07, 6.45) is 0. The highest BCUT2D eigenvalue weighted by atomic mass is 32.1. The molecule has 18 heavy (non-hydrogen) atoms. The van der Waals surface area contributed by atoms with E-state index in [4.69, 9.17) is 4.52 Å². The highest BCUT2D eigenvalue weighted by Gasteiger charge is 2.09. The molecule has 0 bridgehead atoms. The van der Waals surface area contributed by atoms with Gasteiger partial charge in [-0.15, -0.1) is 12.6 Å². The van der Waals surface area contributed by atoms with Crippen molar-refractivity contribution < 1.29 is 13.7 Å². The monoisotopic (exact) mass is 267 g/mol. The SMILES string of the molecule is Cc1noc(CNC(=O)c2ccc(F)c(S)c2)n1. The van der Waals surface area contributed by atoms with Crippen LogP contribution in [0.25, 0.3) is 0 Å². The number of aryl methyl sites for hydroxylation is 1. The minimum Gasteiger partial charge on any atom is -0.343 e. The van der Waals surface area contributed by atoms with Gasteiger partial charge in [-0.2, -0.15) is 4.98 Å². The summed E-state index contributed by atoms with van der Waals surface area (Å²) in [6, 6.07) is 3.92. The third-order valence-electron chi connectivity index (χ3n) is 2.18. The van der Waals surface area contributed by atoms with Gasteiger partial charge >= 0.3 is 0 Å². The molecule has 0 aliphatic rings. The second-order valence-corrected chi connectivity index (χ2v) is 4.07. The first kappa shape index (κ1) is 12.6. The minimum absolute atomic E-state index is 0.122. The van der Waals surface area contributed by atoms with Crippen LogP contribution < -0.4 is 5.32 Å². The van der Waals surface area contributed by atoms with Gasteiger partial charge in [-0.25, -0.2) is 4.39 Å². The molecule has 1 heterocycles. The van der Waals surface area contributed by atoms with E-state index in [1.54, 1.807) is 6.92 Å². The van der Waals surface area contributed by atoms with Gasteiger partial charge in [0.2, 0.25) is 5.89 Å². The first-order chi connectivity index (χ1) is 8.56. The predicted molar refractivity (Wildman–Crippen MR) is 63.9 cm³/mol. The van der Waals surface area contributed by atoms with E-state index in [1.165, 1.54) is 18.2 Å². The molecule has 0 radical (unpaired) electrons. The zero-order chi connectivity index (χ0) is 13.1. The molecule has 1 N–H and O–H groups in total. The molecular weight excluding hydrogens is 257 g/mol. The molecule has 2 aromatic rings. The maximum absolute atomic E-state index is 13.0. The highest BCUT2D eigenvalue weighted by Crippen LogP contribution is 2.14. The fraction of sp³-hybridized carbons (Fsp3) is 0.182. The van der Waals surface area contributed by atoms with E-state index in [0.717, 1.165) is 0 Å². The smallest absolute Gasteiger partial charge is 0.251 e. The van der Waals surface area contributed by atoms with Crippen LogP contribution in [-0.4, -0.2) is 16.0 Å². The van der Waals surface area contributed by atoms with E-state index in [-0.39, 0.29) is 17.3 Å². The molecule has 1 aromatic carbocycles. The number of hydrogen-bond donors (Lipinski definition) is 2. The number of benzene rings is 1. The van der Waals surface area contributed by atoms with Crippen molar-refractivity contribution in [2.75, 3.05) is 0 Å². The van der Waals surface area contributed by atoms with E-state index < -0.39 is 5.82 Å². The highest BCUT2D eigenvalue weighted by molar-refractivity contribution is 7.80. The lowest BCUT2D eigenvalue weighted by Crippen LogP contribution is -2.23. The van der Waals surface area contributed by atoms with Crippen LogP contribution in [0.4, 0.5) is 4.39 Å². The van der Waals surface area contributed by atoms with Crippen LogP contribution in [0.3, 0.4) is 0 Å². The van der Waals surface area contributed by atoms with Crippen molar-refractivity contribution in [3.63, 3.8) is 0 Å². The zero-order valence-corrected chi connectivity index (χ0v) is 10.4. The standard InChI is InChI=1S/C11H10FN3O2S/c1-6-14-10(17-15-6)5-13-11(16)7-2-3-8(12)9(18)4-7/h2-4,18H,5H2,1H3,(H,13,16). The van der Waals surface area contributed by atoms with E-state index in [2.05, 4.69) is 28.1 Å². The lowest BCUT2D eigenvalue weighted by atomic mass is 10.2. The lowest BCUT2D eigenvalue weighted by Gasteiger charge is -2.03. The molecule has 0 aliphatic carbocycles. The summed E-state index contributed by atoms with van der Waals surface area (Å²) in [7, 11) is 0. The Balaban J connectivity index is 2.01. The van der Waals surface area contributed by atoms with Gasteiger partial charge in [-0.3, -0.25) is 4.79 Å². The number of thiol groups is 1. The van der Waals surface area contributed by atoms with Crippen molar-refractivity contribution in [2.24, 2.45) is 0 Å². The van der Waals surface area contributed by atoms with Crippen LogP contribution >= 0.6 is 12.6 Å². The van der Waals surface area contributed by atoms with Crippen molar-refractivity contribution in [1.82, 2.24) is 15.5 Å². The number of nitrogens with one attached hydrogen (secondary N) is 1. The Bertz CT molecular complexity index is 585. The number of halogens is 1. The first-order valence-corrected chi connectivity index (χ1v) is 5.57. The van der Waals surface area contributed by atoms with Gasteiger partial charge in [0.15, 0.2) is 5.82 Å². The minimum atomic E-state index is -0.470. The van der Waals surface area contributed by atoms with Crippen LogP contribution in [0.5, 0.6) is 0 Å². The average molecular weight is 267 g/mol. The molecule has 5 nitrogen and oxygen atoms in total. The van der Waals surface area contributed by atoms with Crippen LogP contribution in [-0.2, 0) is 6.54 Å². The summed E-state index contributed by atoms with van der Waals surface area (Å²) in [5.74, 6) is -0.0173. The Labute approximate surface area is 108 Å². The molecule has 0 fully saturated rings. The number of aromatic nitrogens is 2. The molecule has 1 amide bonds. The Morgan fingerprint density at radius 2 is 2.33 bits per heavy atom. The maximum atomic E-state index is 13.0. The van der Waals surface area contributed by atoms with Crippen molar-refractivity contribution in [1.29, 1.82) is 0 Å². The lowest BCUT2D eigenvalue weighted by molar-refractivity contribution is 0.0946. The van der Waals surface area contributed by atoms with E-state index in [9.17, 15) is 9.18 Å². The van der Waals surface area contributed by atoms with E-state index in [0.29, 0.717) is 17.3 Å². The number of nitrogens with zero attached hydrogens (tertiary/aromatic N) is 2. The van der Waals surface area contributed by atoms with Crippen molar-refractivity contribution >= 4 is 18.5 Å². The second-order valence-electron chi connectivity index (χ2n) is 3.58. The fourth-order valence-corrected chi connectivity index (χ4v) is 1.54. The van der Waals surface area contributed by atoms with E-state index >= 15 is 0 Å². The van der Waals surface area contributed by atoms with Crippen LogP contribution in [0.15, 0.2) is 27.6 Å². The van der Waals surface area contributed by atoms with Gasteiger partial charge in [0.05, 0.1) is 6.54 Å². The Hall–Kier alpha value is -1.89. The number of hydrogen-bond acceptors (Lipinski definition) is 5. The van der Waals surface area contributed by atoms with Gasteiger partial charge in [-0.1, -0.05) is 5.16 Å². The molecule has 7 heteroatoms. The Morgan fingerprint density at radius 3 is 2.94 bits per heavy atom. The Morgan fingerprint density at radius 1 is 1.56 bits per heavy atom. The van der Waals surface area contributed by atoms with Gasteiger partial charge in [0.25, 0.3) is 5.91 Å². The summed E-state index contributed by atoms with van der Waals surface area (Å²) in [5, 5.41) is 6.18. The van der Waals surface area contributed by atoms with Gasteiger partial charge in [0, 0.05) is 10.5 Å². The quantitative estimate of drug-likeness (QED) is 0.831. The summed E-state index contributed by atoms with van der Waals surface area (Å²) in [5.41, 5.74) is 0.317. The normalized spacial score (nSPS) is 10.4. The molecule has 2 rings (SSSR count). The number of rotatable bonds is 3. The van der Waals surface area contributed by atoms with Crippen LogP contribution in [0.2, 0.25) is 0 Å². The molecule has 0 unspecified atom stereocenters. The largest absolute Gasteiger partial charge is 0.343 e. The average Bonchev–Trinajstić information content (AvgIpc) is 2.75.